The number of aliphatic hydroxyl groups is 1. The summed E-state index contributed by atoms with van der Waals surface area (Å²) in [5, 5.41) is 20.7. The third kappa shape index (κ3) is 2.99. The minimum atomic E-state index is -3.70. The summed E-state index contributed by atoms with van der Waals surface area (Å²) in [6.07, 6.45) is 3.17. The van der Waals surface area contributed by atoms with Gasteiger partial charge in [0, 0.05) is 25.3 Å². The molecule has 1 aliphatic heterocycles. The van der Waals surface area contributed by atoms with E-state index in [1.165, 1.54) is 0 Å². The number of nitrogens with zero attached hydrogens (tertiary/aromatic N) is 3. The van der Waals surface area contributed by atoms with Gasteiger partial charge in [-0.3, -0.25) is 4.79 Å². The number of hydrogen-bond donors (Lipinski definition) is 2. The lowest BCUT2D eigenvalue weighted by atomic mass is 9.75. The number of halogens is 2. The molecule has 0 atom stereocenters. The molecular weight excluding hydrogens is 306 g/mol. The van der Waals surface area contributed by atoms with Crippen LogP contribution in [-0.2, 0) is 4.79 Å². The van der Waals surface area contributed by atoms with Gasteiger partial charge < -0.3 is 15.3 Å². The first-order chi connectivity index (χ1) is 10.9. The van der Waals surface area contributed by atoms with Crippen molar-refractivity contribution in [3.63, 3.8) is 0 Å². The first-order valence-electron chi connectivity index (χ1n) is 7.86. The Morgan fingerprint density at radius 2 is 2.09 bits per heavy atom. The summed E-state index contributed by atoms with van der Waals surface area (Å²) >= 11 is 0. The Morgan fingerprint density at radius 1 is 1.39 bits per heavy atom. The van der Waals surface area contributed by atoms with Crippen LogP contribution in [0.1, 0.15) is 32.1 Å². The van der Waals surface area contributed by atoms with Crippen molar-refractivity contribution in [2.45, 2.75) is 49.7 Å². The van der Waals surface area contributed by atoms with Crippen molar-refractivity contribution in [2.75, 3.05) is 18.4 Å². The molecule has 1 aliphatic carbocycles. The van der Waals surface area contributed by atoms with E-state index in [0.29, 0.717) is 25.1 Å². The van der Waals surface area contributed by atoms with Crippen LogP contribution in [0, 0.1) is 0 Å². The molecular formula is C15H20F2N4O2. The van der Waals surface area contributed by atoms with Crippen molar-refractivity contribution in [1.82, 2.24) is 15.1 Å². The van der Waals surface area contributed by atoms with Crippen LogP contribution in [-0.4, -0.2) is 56.8 Å². The van der Waals surface area contributed by atoms with Crippen molar-refractivity contribution in [1.29, 1.82) is 0 Å². The smallest absolute Gasteiger partial charge is 0.352 e. The molecule has 1 aromatic rings. The van der Waals surface area contributed by atoms with E-state index in [-0.39, 0.29) is 32.0 Å². The van der Waals surface area contributed by atoms with Crippen LogP contribution in [0.15, 0.2) is 18.3 Å². The molecule has 2 heterocycles. The zero-order valence-corrected chi connectivity index (χ0v) is 12.7. The molecule has 1 aromatic heterocycles. The molecule has 1 saturated heterocycles. The average Bonchev–Trinajstić information content (AvgIpc) is 2.53. The van der Waals surface area contributed by atoms with Crippen molar-refractivity contribution in [3.05, 3.63) is 18.3 Å². The van der Waals surface area contributed by atoms with E-state index in [2.05, 4.69) is 15.5 Å². The predicted molar refractivity (Wildman–Crippen MR) is 79.0 cm³/mol. The van der Waals surface area contributed by atoms with Gasteiger partial charge in [0.05, 0.1) is 0 Å². The maximum Gasteiger partial charge on any atom is 0.352 e. The van der Waals surface area contributed by atoms with Gasteiger partial charge in [-0.25, -0.2) is 0 Å². The van der Waals surface area contributed by atoms with Gasteiger partial charge in [-0.05, 0) is 44.2 Å². The van der Waals surface area contributed by atoms with Crippen molar-refractivity contribution < 1.29 is 18.7 Å². The highest BCUT2D eigenvalue weighted by molar-refractivity contribution is 5.85. The molecule has 2 fully saturated rings. The largest absolute Gasteiger partial charge is 0.383 e. The van der Waals surface area contributed by atoms with Crippen LogP contribution >= 0.6 is 0 Å². The van der Waals surface area contributed by atoms with E-state index in [1.54, 1.807) is 18.3 Å². The molecule has 6 nitrogen and oxygen atoms in total. The molecule has 1 amide bonds. The molecule has 0 bridgehead atoms. The van der Waals surface area contributed by atoms with Gasteiger partial charge in [0.25, 0.3) is 5.91 Å². The highest BCUT2D eigenvalue weighted by atomic mass is 19.3. The van der Waals surface area contributed by atoms with Gasteiger partial charge in [0.15, 0.2) is 0 Å². The highest BCUT2D eigenvalue weighted by Crippen LogP contribution is 2.45. The van der Waals surface area contributed by atoms with Gasteiger partial charge in [0.2, 0.25) is 0 Å². The summed E-state index contributed by atoms with van der Waals surface area (Å²) in [4.78, 5) is 13.3. The monoisotopic (exact) mass is 326 g/mol. The average molecular weight is 326 g/mol. The van der Waals surface area contributed by atoms with E-state index in [4.69, 9.17) is 0 Å². The second-order valence-electron chi connectivity index (χ2n) is 6.28. The molecule has 0 unspecified atom stereocenters. The van der Waals surface area contributed by atoms with Crippen LogP contribution in [0.2, 0.25) is 0 Å². The number of aromatic nitrogens is 2. The Balaban J connectivity index is 1.55. The minimum absolute atomic E-state index is 0.0174. The summed E-state index contributed by atoms with van der Waals surface area (Å²) in [6.45, 7) is 0.477. The van der Waals surface area contributed by atoms with E-state index < -0.39 is 17.4 Å². The third-order valence-corrected chi connectivity index (χ3v) is 4.74. The topological polar surface area (TPSA) is 78.4 Å². The minimum Gasteiger partial charge on any atom is -0.383 e. The fraction of sp³-hybridized carbons (Fsp3) is 0.667. The maximum absolute atomic E-state index is 14.2. The number of amides is 1. The molecule has 3 rings (SSSR count). The van der Waals surface area contributed by atoms with Crippen LogP contribution in [0.5, 0.6) is 0 Å². The summed E-state index contributed by atoms with van der Waals surface area (Å²) in [5.74, 6) is -4.32. The molecule has 0 aromatic carbocycles. The normalized spacial score (nSPS) is 21.6. The van der Waals surface area contributed by atoms with Crippen LogP contribution in [0.3, 0.4) is 0 Å². The molecule has 23 heavy (non-hydrogen) atoms. The molecule has 0 spiro atoms. The van der Waals surface area contributed by atoms with E-state index >= 15 is 0 Å². The van der Waals surface area contributed by atoms with Gasteiger partial charge in [-0.15, -0.1) is 5.10 Å². The lowest BCUT2D eigenvalue weighted by molar-refractivity contribution is -0.224. The van der Waals surface area contributed by atoms with Crippen LogP contribution in [0.25, 0.3) is 0 Å². The Hall–Kier alpha value is -1.83. The molecule has 2 N–H and O–H groups in total. The van der Waals surface area contributed by atoms with Gasteiger partial charge in [-0.1, -0.05) is 0 Å². The zero-order valence-electron chi connectivity index (χ0n) is 12.7. The Kier molecular flexibility index (Phi) is 4.18. The molecule has 126 valence electrons. The van der Waals surface area contributed by atoms with Gasteiger partial charge in [0.1, 0.15) is 11.4 Å². The lowest BCUT2D eigenvalue weighted by Crippen LogP contribution is -2.62. The van der Waals surface area contributed by atoms with E-state index in [9.17, 15) is 18.7 Å². The number of hydrogen-bond acceptors (Lipinski definition) is 5. The number of nitrogens with one attached hydrogen (secondary N) is 1. The summed E-state index contributed by atoms with van der Waals surface area (Å²) in [7, 11) is 0. The molecule has 2 aliphatic rings. The van der Waals surface area contributed by atoms with E-state index in [0.717, 1.165) is 4.90 Å². The highest BCUT2D eigenvalue weighted by Gasteiger charge is 2.62. The second-order valence-corrected chi connectivity index (χ2v) is 6.28. The van der Waals surface area contributed by atoms with Crippen LogP contribution in [0.4, 0.5) is 14.6 Å². The zero-order chi connectivity index (χ0) is 16.5. The summed E-state index contributed by atoms with van der Waals surface area (Å²) < 4.78 is 28.4. The standard InChI is InChI=1S/C15H20F2N4O2/c16-15(17,14(23)6-2-7-14)13(22)21-9-4-11(5-10-21)19-12-3-1-8-18-20-12/h1,3,8,11,23H,2,4-7,9-10H2,(H,19,20). The fourth-order valence-electron chi connectivity index (χ4n) is 3.04. The number of alkyl halides is 2. The third-order valence-electron chi connectivity index (χ3n) is 4.74. The molecule has 8 heteroatoms. The second kappa shape index (κ2) is 5.99. The fourth-order valence-corrected chi connectivity index (χ4v) is 3.04. The quantitative estimate of drug-likeness (QED) is 0.875. The number of piperidine rings is 1. The van der Waals surface area contributed by atoms with Crippen molar-refractivity contribution >= 4 is 11.7 Å². The Morgan fingerprint density at radius 3 is 2.61 bits per heavy atom. The Labute approximate surface area is 132 Å². The van der Waals surface area contributed by atoms with Gasteiger partial charge >= 0.3 is 5.92 Å². The first-order valence-corrected chi connectivity index (χ1v) is 7.86. The number of rotatable bonds is 4. The first kappa shape index (κ1) is 16.0. The maximum atomic E-state index is 14.2. The van der Waals surface area contributed by atoms with Crippen LogP contribution < -0.4 is 5.32 Å². The van der Waals surface area contributed by atoms with Crippen molar-refractivity contribution in [3.8, 4) is 0 Å². The molecule has 0 radical (unpaired) electrons. The SMILES string of the molecule is O=C(N1CCC(Nc2cccnn2)CC1)C(F)(F)C1(O)CCC1. The molecule has 1 saturated carbocycles. The predicted octanol–water partition coefficient (Wildman–Crippen LogP) is 1.43. The summed E-state index contributed by atoms with van der Waals surface area (Å²) in [5.41, 5.74) is -2.15. The van der Waals surface area contributed by atoms with Gasteiger partial charge in [-0.2, -0.15) is 13.9 Å². The number of anilines is 1. The number of carbonyl (C=O) groups is 1. The summed E-state index contributed by atoms with van der Waals surface area (Å²) in [6, 6.07) is 3.61. The number of likely N-dealkylation sites (tertiary alicyclic amines) is 1. The Bertz CT molecular complexity index is 558. The lowest BCUT2D eigenvalue weighted by Gasteiger charge is -2.44. The number of carbonyl (C=O) groups excluding carboxylic acids is 1. The van der Waals surface area contributed by atoms with Crippen molar-refractivity contribution in [2.24, 2.45) is 0 Å². The van der Waals surface area contributed by atoms with E-state index in [1.807, 2.05) is 0 Å².